The molecule has 21 heavy (non-hydrogen) atoms. The first-order valence-electron chi connectivity index (χ1n) is 7.42. The summed E-state index contributed by atoms with van der Waals surface area (Å²) in [5.41, 5.74) is 3.09. The molecule has 2 aromatic rings. The molecule has 1 aromatic carbocycles. The number of amides is 1. The van der Waals surface area contributed by atoms with Crippen LogP contribution in [0.15, 0.2) is 48.8 Å². The molecule has 110 valence electrons. The van der Waals surface area contributed by atoms with E-state index in [4.69, 9.17) is 0 Å². The zero-order chi connectivity index (χ0) is 15.2. The summed E-state index contributed by atoms with van der Waals surface area (Å²) < 4.78 is 0. The molecule has 0 spiro atoms. The van der Waals surface area contributed by atoms with E-state index in [0.717, 1.165) is 12.0 Å². The van der Waals surface area contributed by atoms with E-state index in [9.17, 15) is 4.79 Å². The Morgan fingerprint density at radius 1 is 1.05 bits per heavy atom. The molecule has 3 nitrogen and oxygen atoms in total. The van der Waals surface area contributed by atoms with Crippen molar-refractivity contribution in [2.24, 2.45) is 0 Å². The zero-order valence-electron chi connectivity index (χ0n) is 12.8. The van der Waals surface area contributed by atoms with Crippen LogP contribution in [0.5, 0.6) is 0 Å². The van der Waals surface area contributed by atoms with Gasteiger partial charge in [0.2, 0.25) is 0 Å². The lowest BCUT2D eigenvalue weighted by Gasteiger charge is -2.16. The molecule has 2 atom stereocenters. The third kappa shape index (κ3) is 3.91. The molecule has 0 unspecified atom stereocenters. The molecule has 0 bridgehead atoms. The van der Waals surface area contributed by atoms with Crippen LogP contribution in [0.2, 0.25) is 0 Å². The van der Waals surface area contributed by atoms with Gasteiger partial charge in [-0.15, -0.1) is 0 Å². The smallest absolute Gasteiger partial charge is 0.251 e. The van der Waals surface area contributed by atoms with Crippen LogP contribution < -0.4 is 5.32 Å². The van der Waals surface area contributed by atoms with E-state index in [0.29, 0.717) is 11.5 Å². The van der Waals surface area contributed by atoms with Gasteiger partial charge in [-0.25, -0.2) is 0 Å². The molecule has 0 saturated carbocycles. The molecule has 2 rings (SSSR count). The lowest BCUT2D eigenvalue weighted by atomic mass is 9.96. The maximum atomic E-state index is 12.1. The molecule has 0 fully saturated rings. The fraction of sp³-hybridized carbons (Fsp3) is 0.333. The number of aromatic nitrogens is 1. The zero-order valence-corrected chi connectivity index (χ0v) is 12.8. The highest BCUT2D eigenvalue weighted by Gasteiger charge is 2.11. The van der Waals surface area contributed by atoms with Gasteiger partial charge in [0, 0.05) is 18.0 Å². The van der Waals surface area contributed by atoms with E-state index >= 15 is 0 Å². The summed E-state index contributed by atoms with van der Waals surface area (Å²) >= 11 is 0. The van der Waals surface area contributed by atoms with Gasteiger partial charge in [0.25, 0.3) is 5.91 Å². The molecule has 0 radical (unpaired) electrons. The number of pyridine rings is 1. The van der Waals surface area contributed by atoms with Gasteiger partial charge in [0.1, 0.15) is 0 Å². The van der Waals surface area contributed by atoms with Crippen molar-refractivity contribution in [1.29, 1.82) is 0 Å². The summed E-state index contributed by atoms with van der Waals surface area (Å²) in [5, 5.41) is 3.01. The van der Waals surface area contributed by atoms with Crippen LogP contribution in [0.25, 0.3) is 0 Å². The second kappa shape index (κ2) is 7.02. The molecule has 1 heterocycles. The number of hydrogen-bond acceptors (Lipinski definition) is 2. The molecular formula is C18H22N2O. The lowest BCUT2D eigenvalue weighted by Crippen LogP contribution is -2.26. The van der Waals surface area contributed by atoms with E-state index < -0.39 is 0 Å². The highest BCUT2D eigenvalue weighted by Crippen LogP contribution is 2.21. The summed E-state index contributed by atoms with van der Waals surface area (Å²) in [6.07, 6.45) is 4.38. The van der Waals surface area contributed by atoms with Gasteiger partial charge in [0.05, 0.1) is 6.04 Å². The van der Waals surface area contributed by atoms with Gasteiger partial charge >= 0.3 is 0 Å². The number of hydrogen-bond donors (Lipinski definition) is 1. The molecule has 1 aromatic heterocycles. The molecule has 1 N–H and O–H groups in total. The van der Waals surface area contributed by atoms with E-state index in [1.165, 1.54) is 5.56 Å². The monoisotopic (exact) mass is 282 g/mol. The van der Waals surface area contributed by atoms with Gasteiger partial charge in [-0.1, -0.05) is 38.1 Å². The Labute approximate surface area is 126 Å². The second-order valence-electron chi connectivity index (χ2n) is 5.41. The van der Waals surface area contributed by atoms with Crippen molar-refractivity contribution in [3.05, 3.63) is 65.5 Å². The molecular weight excluding hydrogens is 260 g/mol. The molecule has 3 heteroatoms. The fourth-order valence-corrected chi connectivity index (χ4v) is 2.22. The average molecular weight is 282 g/mol. The summed E-state index contributed by atoms with van der Waals surface area (Å²) in [6, 6.07) is 11.9. The van der Waals surface area contributed by atoms with Crippen molar-refractivity contribution < 1.29 is 4.79 Å². The van der Waals surface area contributed by atoms with E-state index in [1.54, 1.807) is 24.5 Å². The van der Waals surface area contributed by atoms with Crippen molar-refractivity contribution in [1.82, 2.24) is 10.3 Å². The fourth-order valence-electron chi connectivity index (χ4n) is 2.22. The highest BCUT2D eigenvalue weighted by atomic mass is 16.1. The Bertz CT molecular complexity index is 578. The number of carbonyl (C=O) groups excluding carboxylic acids is 1. The molecule has 0 aliphatic carbocycles. The molecule has 0 saturated heterocycles. The topological polar surface area (TPSA) is 42.0 Å². The Morgan fingerprint density at radius 3 is 2.19 bits per heavy atom. The quantitative estimate of drug-likeness (QED) is 0.897. The average Bonchev–Trinajstić information content (AvgIpc) is 2.55. The van der Waals surface area contributed by atoms with Crippen LogP contribution >= 0.6 is 0 Å². The predicted octanol–water partition coefficient (Wildman–Crippen LogP) is 4.09. The minimum Gasteiger partial charge on any atom is -0.346 e. The minimum atomic E-state index is -0.0732. The Kier molecular flexibility index (Phi) is 5.09. The van der Waals surface area contributed by atoms with Crippen molar-refractivity contribution in [2.75, 3.05) is 0 Å². The summed E-state index contributed by atoms with van der Waals surface area (Å²) in [7, 11) is 0. The number of rotatable bonds is 5. The van der Waals surface area contributed by atoms with Crippen molar-refractivity contribution in [2.45, 2.75) is 39.2 Å². The first-order valence-corrected chi connectivity index (χ1v) is 7.42. The van der Waals surface area contributed by atoms with Crippen LogP contribution in [-0.2, 0) is 0 Å². The van der Waals surface area contributed by atoms with Gasteiger partial charge in [-0.2, -0.15) is 0 Å². The van der Waals surface area contributed by atoms with E-state index in [1.807, 2.05) is 6.92 Å². The van der Waals surface area contributed by atoms with Gasteiger partial charge in [-0.3, -0.25) is 9.78 Å². The summed E-state index contributed by atoms with van der Waals surface area (Å²) in [4.78, 5) is 16.0. The second-order valence-corrected chi connectivity index (χ2v) is 5.41. The highest BCUT2D eigenvalue weighted by molar-refractivity contribution is 5.94. The van der Waals surface area contributed by atoms with Crippen molar-refractivity contribution in [3.63, 3.8) is 0 Å². The Balaban J connectivity index is 2.03. The maximum absolute atomic E-state index is 12.1. The van der Waals surface area contributed by atoms with Crippen LogP contribution in [0, 0.1) is 0 Å². The third-order valence-electron chi connectivity index (χ3n) is 3.91. The van der Waals surface area contributed by atoms with Gasteiger partial charge < -0.3 is 5.32 Å². The van der Waals surface area contributed by atoms with Crippen LogP contribution in [0.4, 0.5) is 0 Å². The third-order valence-corrected chi connectivity index (χ3v) is 3.91. The van der Waals surface area contributed by atoms with Crippen molar-refractivity contribution in [3.8, 4) is 0 Å². The van der Waals surface area contributed by atoms with Crippen molar-refractivity contribution >= 4 is 5.91 Å². The van der Waals surface area contributed by atoms with Crippen LogP contribution in [0.3, 0.4) is 0 Å². The molecule has 0 aliphatic heterocycles. The SMILES string of the molecule is CC[C@H](C)c1ccc([C@@H](C)NC(=O)c2ccncc2)cc1. The normalized spacial score (nSPS) is 13.5. The first-order chi connectivity index (χ1) is 10.1. The summed E-state index contributed by atoms with van der Waals surface area (Å²) in [5.74, 6) is 0.497. The number of nitrogens with zero attached hydrogens (tertiary/aromatic N) is 1. The van der Waals surface area contributed by atoms with Crippen LogP contribution in [-0.4, -0.2) is 10.9 Å². The lowest BCUT2D eigenvalue weighted by molar-refractivity contribution is 0.0940. The van der Waals surface area contributed by atoms with E-state index in [2.05, 4.69) is 48.4 Å². The number of benzene rings is 1. The molecule has 1 amide bonds. The first kappa shape index (κ1) is 15.2. The summed E-state index contributed by atoms with van der Waals surface area (Å²) in [6.45, 7) is 6.41. The number of carbonyl (C=O) groups is 1. The largest absolute Gasteiger partial charge is 0.346 e. The maximum Gasteiger partial charge on any atom is 0.251 e. The van der Waals surface area contributed by atoms with E-state index in [-0.39, 0.29) is 11.9 Å². The van der Waals surface area contributed by atoms with Gasteiger partial charge in [0.15, 0.2) is 0 Å². The Hall–Kier alpha value is -2.16. The molecule has 0 aliphatic rings. The Morgan fingerprint density at radius 2 is 1.62 bits per heavy atom. The van der Waals surface area contributed by atoms with Crippen LogP contribution in [0.1, 0.15) is 60.6 Å². The minimum absolute atomic E-state index is 0.0170. The standard InChI is InChI=1S/C18H22N2O/c1-4-13(2)15-5-7-16(8-6-15)14(3)20-18(21)17-9-11-19-12-10-17/h5-14H,4H2,1-3H3,(H,20,21)/t13-,14+/m0/s1. The van der Waals surface area contributed by atoms with Gasteiger partial charge in [-0.05, 0) is 42.5 Å². The number of nitrogens with one attached hydrogen (secondary N) is 1. The predicted molar refractivity (Wildman–Crippen MR) is 85.3 cm³/mol.